The Bertz CT molecular complexity index is 543. The van der Waals surface area contributed by atoms with E-state index >= 15 is 0 Å². The monoisotopic (exact) mass is 310 g/mol. The minimum Gasteiger partial charge on any atom is -0.452 e. The lowest BCUT2D eigenvalue weighted by Crippen LogP contribution is -2.45. The third-order valence-corrected chi connectivity index (χ3v) is 2.90. The van der Waals surface area contributed by atoms with Gasteiger partial charge in [0, 0.05) is 6.42 Å². The molecule has 1 aromatic carbocycles. The molecule has 0 radical (unpaired) electrons. The molecule has 3 amide bonds. The molecule has 0 aromatic heterocycles. The summed E-state index contributed by atoms with van der Waals surface area (Å²) in [5, 5.41) is 1.89. The molecular weight excluding hydrogens is 291 g/mol. The van der Waals surface area contributed by atoms with E-state index in [4.69, 9.17) is 10.5 Å². The Balaban J connectivity index is 2.54. The molecule has 6 nitrogen and oxygen atoms in total. The van der Waals surface area contributed by atoms with Crippen LogP contribution in [0.2, 0.25) is 0 Å². The van der Waals surface area contributed by atoms with Crippen molar-refractivity contribution < 1.29 is 23.5 Å². The Hall–Kier alpha value is -2.44. The zero-order valence-electron chi connectivity index (χ0n) is 12.5. The topological polar surface area (TPSA) is 98.5 Å². The second kappa shape index (κ2) is 8.11. The van der Waals surface area contributed by atoms with Crippen LogP contribution >= 0.6 is 0 Å². The highest BCUT2D eigenvalue weighted by Gasteiger charge is 2.27. The van der Waals surface area contributed by atoms with Gasteiger partial charge >= 0.3 is 12.0 Å². The Kier molecular flexibility index (Phi) is 6.49. The first-order chi connectivity index (χ1) is 10.3. The first-order valence-corrected chi connectivity index (χ1v) is 6.84. The summed E-state index contributed by atoms with van der Waals surface area (Å²) in [6, 6.07) is 4.75. The van der Waals surface area contributed by atoms with Gasteiger partial charge in [-0.05, 0) is 30.0 Å². The van der Waals surface area contributed by atoms with Crippen molar-refractivity contribution in [3.05, 3.63) is 35.6 Å². The summed E-state index contributed by atoms with van der Waals surface area (Å²) >= 11 is 0. The van der Waals surface area contributed by atoms with E-state index < -0.39 is 24.0 Å². The summed E-state index contributed by atoms with van der Waals surface area (Å²) < 4.78 is 17.9. The standard InChI is InChI=1S/C15H19FN2O4/c1-9(2)13(14(20)18-15(17)21)22-12(19)8-5-10-3-6-11(16)7-4-10/h3-4,6-7,9,13H,5,8H2,1-2H3,(H3,17,18,20,21)/t13-/m0/s1. The van der Waals surface area contributed by atoms with Crippen LogP contribution in [0.5, 0.6) is 0 Å². The normalized spacial score (nSPS) is 11.8. The molecule has 0 aliphatic carbocycles. The summed E-state index contributed by atoms with van der Waals surface area (Å²) in [5.41, 5.74) is 5.65. The zero-order valence-corrected chi connectivity index (χ0v) is 12.5. The van der Waals surface area contributed by atoms with Crippen molar-refractivity contribution in [3.63, 3.8) is 0 Å². The maximum absolute atomic E-state index is 12.8. The third-order valence-electron chi connectivity index (χ3n) is 2.90. The van der Waals surface area contributed by atoms with E-state index in [2.05, 4.69) is 0 Å². The van der Waals surface area contributed by atoms with Crippen LogP contribution in [-0.2, 0) is 20.7 Å². The summed E-state index contributed by atoms with van der Waals surface area (Å²) in [5.74, 6) is -2.00. The third kappa shape index (κ3) is 5.90. The Morgan fingerprint density at radius 3 is 2.32 bits per heavy atom. The quantitative estimate of drug-likeness (QED) is 0.778. The molecule has 0 spiro atoms. The van der Waals surface area contributed by atoms with E-state index in [1.807, 2.05) is 5.32 Å². The van der Waals surface area contributed by atoms with Gasteiger partial charge < -0.3 is 10.5 Å². The number of nitrogens with one attached hydrogen (secondary N) is 1. The highest BCUT2D eigenvalue weighted by atomic mass is 19.1. The fraction of sp³-hybridized carbons (Fsp3) is 0.400. The van der Waals surface area contributed by atoms with Crippen LogP contribution in [-0.4, -0.2) is 24.0 Å². The van der Waals surface area contributed by atoms with E-state index in [0.29, 0.717) is 6.42 Å². The van der Waals surface area contributed by atoms with Crippen molar-refractivity contribution in [1.82, 2.24) is 5.32 Å². The largest absolute Gasteiger partial charge is 0.452 e. The maximum Gasteiger partial charge on any atom is 0.318 e. The number of primary amides is 1. The van der Waals surface area contributed by atoms with Crippen LogP contribution in [0, 0.1) is 11.7 Å². The summed E-state index contributed by atoms with van der Waals surface area (Å²) in [4.78, 5) is 34.2. The molecule has 22 heavy (non-hydrogen) atoms. The highest BCUT2D eigenvalue weighted by molar-refractivity contribution is 5.96. The fourth-order valence-corrected chi connectivity index (χ4v) is 1.78. The first kappa shape index (κ1) is 17.6. The maximum atomic E-state index is 12.8. The van der Waals surface area contributed by atoms with Crippen molar-refractivity contribution in [2.75, 3.05) is 0 Å². The molecule has 0 heterocycles. The van der Waals surface area contributed by atoms with Gasteiger partial charge in [0.15, 0.2) is 6.10 Å². The van der Waals surface area contributed by atoms with Crippen LogP contribution in [0.3, 0.4) is 0 Å². The molecule has 0 aliphatic rings. The van der Waals surface area contributed by atoms with Crippen molar-refractivity contribution in [3.8, 4) is 0 Å². The fourth-order valence-electron chi connectivity index (χ4n) is 1.78. The number of benzene rings is 1. The zero-order chi connectivity index (χ0) is 16.7. The second-order valence-corrected chi connectivity index (χ2v) is 5.13. The van der Waals surface area contributed by atoms with Gasteiger partial charge in [0.25, 0.3) is 5.91 Å². The van der Waals surface area contributed by atoms with E-state index in [9.17, 15) is 18.8 Å². The molecule has 7 heteroatoms. The van der Waals surface area contributed by atoms with Crippen molar-refractivity contribution in [1.29, 1.82) is 0 Å². The van der Waals surface area contributed by atoms with Crippen LogP contribution in [0.1, 0.15) is 25.8 Å². The van der Waals surface area contributed by atoms with Gasteiger partial charge in [-0.3, -0.25) is 14.9 Å². The molecule has 0 fully saturated rings. The lowest BCUT2D eigenvalue weighted by molar-refractivity contribution is -0.158. The molecule has 0 saturated carbocycles. The number of halogens is 1. The van der Waals surface area contributed by atoms with Gasteiger partial charge in [0.1, 0.15) is 5.82 Å². The Morgan fingerprint density at radius 2 is 1.82 bits per heavy atom. The SMILES string of the molecule is CC(C)[C@H](OC(=O)CCc1ccc(F)cc1)C(=O)NC(N)=O. The lowest BCUT2D eigenvalue weighted by atomic mass is 10.1. The predicted molar refractivity (Wildman–Crippen MR) is 77.2 cm³/mol. The van der Waals surface area contributed by atoms with Crippen molar-refractivity contribution in [2.45, 2.75) is 32.8 Å². The number of hydrogen-bond acceptors (Lipinski definition) is 4. The Labute approximate surface area is 127 Å². The summed E-state index contributed by atoms with van der Waals surface area (Å²) in [7, 11) is 0. The van der Waals surface area contributed by atoms with Crippen LogP contribution in [0.4, 0.5) is 9.18 Å². The van der Waals surface area contributed by atoms with Gasteiger partial charge in [-0.15, -0.1) is 0 Å². The van der Waals surface area contributed by atoms with Crippen LogP contribution in [0.25, 0.3) is 0 Å². The highest BCUT2D eigenvalue weighted by Crippen LogP contribution is 2.11. The molecule has 3 N–H and O–H groups in total. The smallest absolute Gasteiger partial charge is 0.318 e. The molecule has 0 saturated heterocycles. The molecule has 0 unspecified atom stereocenters. The molecule has 1 rings (SSSR count). The minimum atomic E-state index is -1.09. The lowest BCUT2D eigenvalue weighted by Gasteiger charge is -2.19. The number of urea groups is 1. The predicted octanol–water partition coefficient (Wildman–Crippen LogP) is 1.52. The average Bonchev–Trinajstić information content (AvgIpc) is 2.43. The molecule has 0 aliphatic heterocycles. The molecule has 1 aromatic rings. The van der Waals surface area contributed by atoms with Crippen molar-refractivity contribution >= 4 is 17.9 Å². The van der Waals surface area contributed by atoms with Gasteiger partial charge in [0.05, 0.1) is 0 Å². The van der Waals surface area contributed by atoms with Gasteiger partial charge in [-0.2, -0.15) is 0 Å². The van der Waals surface area contributed by atoms with E-state index in [1.54, 1.807) is 26.0 Å². The summed E-state index contributed by atoms with van der Waals surface area (Å²) in [6.45, 7) is 3.36. The van der Waals surface area contributed by atoms with Gasteiger partial charge in [-0.25, -0.2) is 9.18 Å². The first-order valence-electron chi connectivity index (χ1n) is 6.84. The number of aryl methyl sites for hydroxylation is 1. The molecule has 120 valence electrons. The molecule has 0 bridgehead atoms. The number of ether oxygens (including phenoxy) is 1. The van der Waals surface area contributed by atoms with Crippen molar-refractivity contribution in [2.24, 2.45) is 11.7 Å². The number of amides is 3. The number of hydrogen-bond donors (Lipinski definition) is 2. The number of nitrogens with two attached hydrogens (primary N) is 1. The Morgan fingerprint density at radius 1 is 1.23 bits per heavy atom. The van der Waals surface area contributed by atoms with E-state index in [0.717, 1.165) is 5.56 Å². The minimum absolute atomic E-state index is 0.0404. The van der Waals surface area contributed by atoms with Crippen LogP contribution in [0.15, 0.2) is 24.3 Å². The number of carbonyl (C=O) groups is 3. The average molecular weight is 310 g/mol. The summed E-state index contributed by atoms with van der Waals surface area (Å²) in [6.07, 6.45) is -0.687. The van der Waals surface area contributed by atoms with E-state index in [-0.39, 0.29) is 18.2 Å². The number of imide groups is 1. The van der Waals surface area contributed by atoms with E-state index in [1.165, 1.54) is 12.1 Å². The second-order valence-electron chi connectivity index (χ2n) is 5.13. The van der Waals surface area contributed by atoms with Gasteiger partial charge in [0.2, 0.25) is 0 Å². The molecular formula is C15H19FN2O4. The molecule has 1 atom stereocenters. The number of esters is 1. The number of carbonyl (C=O) groups excluding carboxylic acids is 3. The van der Waals surface area contributed by atoms with Crippen LogP contribution < -0.4 is 11.1 Å². The number of rotatable bonds is 6. The van der Waals surface area contributed by atoms with Gasteiger partial charge in [-0.1, -0.05) is 26.0 Å².